The number of nitrogens with one attached hydrogen (secondary N) is 1. The van der Waals surface area contributed by atoms with Crippen molar-refractivity contribution in [3.05, 3.63) is 81.9 Å². The van der Waals surface area contributed by atoms with E-state index in [9.17, 15) is 9.59 Å². The molecule has 2 aromatic carbocycles. The molecular formula is C31H34FNO5. The van der Waals surface area contributed by atoms with E-state index < -0.39 is 17.7 Å². The molecule has 2 aliphatic carbocycles. The van der Waals surface area contributed by atoms with Crippen LogP contribution in [0.3, 0.4) is 0 Å². The van der Waals surface area contributed by atoms with Crippen molar-refractivity contribution in [2.45, 2.75) is 69.8 Å². The lowest BCUT2D eigenvalue weighted by molar-refractivity contribution is -0.146. The van der Waals surface area contributed by atoms with Gasteiger partial charge in [-0.25, -0.2) is 9.18 Å². The normalized spacial score (nSPS) is 22.1. The zero-order chi connectivity index (χ0) is 26.8. The van der Waals surface area contributed by atoms with Crippen molar-refractivity contribution < 1.29 is 28.2 Å². The summed E-state index contributed by atoms with van der Waals surface area (Å²) in [5.41, 5.74) is 3.36. The maximum Gasteiger partial charge on any atom is 0.337 e. The molecule has 0 saturated heterocycles. The second-order valence-electron chi connectivity index (χ2n) is 10.3. The van der Waals surface area contributed by atoms with E-state index in [0.717, 1.165) is 43.4 Å². The topological polar surface area (TPSA) is 73.9 Å². The van der Waals surface area contributed by atoms with Crippen molar-refractivity contribution in [3.8, 4) is 11.5 Å². The van der Waals surface area contributed by atoms with Crippen molar-refractivity contribution in [3.63, 3.8) is 0 Å². The van der Waals surface area contributed by atoms with Gasteiger partial charge in [-0.1, -0.05) is 30.7 Å². The second kappa shape index (κ2) is 11.0. The number of dihydropyridines is 1. The molecule has 3 aliphatic rings. The van der Waals surface area contributed by atoms with Crippen LogP contribution in [0.4, 0.5) is 4.39 Å². The molecule has 0 bridgehead atoms. The number of rotatable bonds is 6. The van der Waals surface area contributed by atoms with Gasteiger partial charge >= 0.3 is 5.97 Å². The Kier molecular flexibility index (Phi) is 7.54. The fourth-order valence-corrected chi connectivity index (χ4v) is 6.07. The zero-order valence-electron chi connectivity index (χ0n) is 22.1. The SMILES string of the molecule is COc1ccc([C@@H]2CC(=O)C3=C(C2)NC(C)=C(C(=O)OC2CCCCC2)[C@@H]3c2ccccc2F)cc1OC. The van der Waals surface area contributed by atoms with E-state index in [0.29, 0.717) is 40.3 Å². The van der Waals surface area contributed by atoms with Crippen molar-refractivity contribution in [2.75, 3.05) is 14.2 Å². The standard InChI is InChI=1S/C31H34FNO5/c1-18-28(31(35)38-21-9-5-4-6-10-21)29(22-11-7-8-12-23(22)32)30-24(33-18)15-20(16-25(30)34)19-13-14-26(36-2)27(17-19)37-3/h7-8,11-14,17,20-21,29,33H,4-6,9-10,15-16H2,1-3H3/t20-,29-/m0/s1. The van der Waals surface area contributed by atoms with Crippen LogP contribution in [0.5, 0.6) is 11.5 Å². The van der Waals surface area contributed by atoms with Gasteiger partial charge in [-0.05, 0) is 68.7 Å². The molecule has 6 nitrogen and oxygen atoms in total. The van der Waals surface area contributed by atoms with Gasteiger partial charge in [-0.15, -0.1) is 0 Å². The van der Waals surface area contributed by atoms with Gasteiger partial charge in [0.15, 0.2) is 17.3 Å². The molecule has 1 saturated carbocycles. The lowest BCUT2D eigenvalue weighted by Gasteiger charge is -2.37. The quantitative estimate of drug-likeness (QED) is 0.466. The lowest BCUT2D eigenvalue weighted by Crippen LogP contribution is -2.37. The third-order valence-electron chi connectivity index (χ3n) is 7.97. The van der Waals surface area contributed by atoms with Gasteiger partial charge in [0.05, 0.1) is 25.7 Å². The van der Waals surface area contributed by atoms with Crippen LogP contribution >= 0.6 is 0 Å². The van der Waals surface area contributed by atoms with Crippen LogP contribution in [-0.4, -0.2) is 32.1 Å². The van der Waals surface area contributed by atoms with Gasteiger partial charge in [-0.3, -0.25) is 4.79 Å². The summed E-state index contributed by atoms with van der Waals surface area (Å²) < 4.78 is 32.0. The number of ketones is 1. The zero-order valence-corrected chi connectivity index (χ0v) is 22.1. The van der Waals surface area contributed by atoms with E-state index in [2.05, 4.69) is 5.32 Å². The average molecular weight is 520 g/mol. The third-order valence-corrected chi connectivity index (χ3v) is 7.97. The average Bonchev–Trinajstić information content (AvgIpc) is 2.92. The minimum absolute atomic E-state index is 0.0987. The molecule has 7 heteroatoms. The molecule has 1 fully saturated rings. The Hall–Kier alpha value is -3.61. The fraction of sp³-hybridized carbons (Fsp3) is 0.419. The summed E-state index contributed by atoms with van der Waals surface area (Å²) in [7, 11) is 3.16. The van der Waals surface area contributed by atoms with E-state index in [4.69, 9.17) is 14.2 Å². The summed E-state index contributed by atoms with van der Waals surface area (Å²) in [6.07, 6.45) is 5.48. The first-order chi connectivity index (χ1) is 18.4. The Morgan fingerprint density at radius 1 is 0.974 bits per heavy atom. The summed E-state index contributed by atoms with van der Waals surface area (Å²) in [4.78, 5) is 27.4. The molecule has 0 unspecified atom stereocenters. The Morgan fingerprint density at radius 2 is 1.71 bits per heavy atom. The molecule has 1 heterocycles. The number of allylic oxidation sites excluding steroid dienone is 3. The molecule has 38 heavy (non-hydrogen) atoms. The Morgan fingerprint density at radius 3 is 2.42 bits per heavy atom. The van der Waals surface area contributed by atoms with Crippen LogP contribution in [0.2, 0.25) is 0 Å². The minimum Gasteiger partial charge on any atom is -0.493 e. The van der Waals surface area contributed by atoms with Gasteiger partial charge in [0, 0.05) is 29.0 Å². The Labute approximate surface area is 222 Å². The maximum atomic E-state index is 15.2. The summed E-state index contributed by atoms with van der Waals surface area (Å²) in [5, 5.41) is 3.35. The molecule has 2 atom stereocenters. The number of methoxy groups -OCH3 is 2. The van der Waals surface area contributed by atoms with Crippen LogP contribution in [0.15, 0.2) is 65.0 Å². The van der Waals surface area contributed by atoms with Crippen molar-refractivity contribution in [1.82, 2.24) is 5.32 Å². The highest BCUT2D eigenvalue weighted by molar-refractivity contribution is 6.04. The first kappa shape index (κ1) is 26.0. The van der Waals surface area contributed by atoms with Gasteiger partial charge in [0.25, 0.3) is 0 Å². The third kappa shape index (κ3) is 4.94. The molecule has 1 aliphatic heterocycles. The summed E-state index contributed by atoms with van der Waals surface area (Å²) in [5.74, 6) is -0.730. The summed E-state index contributed by atoms with van der Waals surface area (Å²) in [6, 6.07) is 12.1. The molecule has 0 aromatic heterocycles. The predicted molar refractivity (Wildman–Crippen MR) is 141 cm³/mol. The molecule has 200 valence electrons. The summed E-state index contributed by atoms with van der Waals surface area (Å²) in [6.45, 7) is 1.81. The predicted octanol–water partition coefficient (Wildman–Crippen LogP) is 6.08. The summed E-state index contributed by atoms with van der Waals surface area (Å²) >= 11 is 0. The Bertz CT molecular complexity index is 1310. The highest BCUT2D eigenvalue weighted by atomic mass is 19.1. The van der Waals surface area contributed by atoms with E-state index >= 15 is 4.39 Å². The molecule has 5 rings (SSSR count). The van der Waals surface area contributed by atoms with Gasteiger partial charge in [0.2, 0.25) is 0 Å². The number of carbonyl (C=O) groups excluding carboxylic acids is 2. The maximum absolute atomic E-state index is 15.2. The van der Waals surface area contributed by atoms with Crippen molar-refractivity contribution in [1.29, 1.82) is 0 Å². The van der Waals surface area contributed by atoms with Crippen LogP contribution in [0.1, 0.15) is 74.8 Å². The highest BCUT2D eigenvalue weighted by Gasteiger charge is 2.42. The van der Waals surface area contributed by atoms with Crippen LogP contribution in [0, 0.1) is 5.82 Å². The largest absolute Gasteiger partial charge is 0.493 e. The molecule has 0 spiro atoms. The molecule has 1 N–H and O–H groups in total. The van der Waals surface area contributed by atoms with E-state index in [1.165, 1.54) is 6.07 Å². The number of Topliss-reactive ketones (excluding diaryl/α,β-unsaturated/α-hetero) is 1. The number of ether oxygens (including phenoxy) is 3. The van der Waals surface area contributed by atoms with Crippen LogP contribution < -0.4 is 14.8 Å². The highest BCUT2D eigenvalue weighted by Crippen LogP contribution is 2.47. The van der Waals surface area contributed by atoms with Crippen molar-refractivity contribution >= 4 is 11.8 Å². The molecule has 2 aromatic rings. The number of hydrogen-bond acceptors (Lipinski definition) is 6. The first-order valence-electron chi connectivity index (χ1n) is 13.3. The van der Waals surface area contributed by atoms with E-state index in [1.807, 2.05) is 18.2 Å². The van der Waals surface area contributed by atoms with Gasteiger partial charge < -0.3 is 19.5 Å². The Balaban J connectivity index is 1.52. The molecule has 0 amide bonds. The van der Waals surface area contributed by atoms with Gasteiger partial charge in [0.1, 0.15) is 11.9 Å². The lowest BCUT2D eigenvalue weighted by atomic mass is 9.71. The minimum atomic E-state index is -0.817. The van der Waals surface area contributed by atoms with Crippen LogP contribution in [0.25, 0.3) is 0 Å². The second-order valence-corrected chi connectivity index (χ2v) is 10.3. The molecule has 0 radical (unpaired) electrons. The monoisotopic (exact) mass is 519 g/mol. The number of carbonyl (C=O) groups is 2. The number of hydrogen-bond donors (Lipinski definition) is 1. The van der Waals surface area contributed by atoms with E-state index in [-0.39, 0.29) is 24.2 Å². The van der Waals surface area contributed by atoms with E-state index in [1.54, 1.807) is 39.3 Å². The first-order valence-corrected chi connectivity index (χ1v) is 13.3. The number of benzene rings is 2. The van der Waals surface area contributed by atoms with Crippen molar-refractivity contribution in [2.24, 2.45) is 0 Å². The molecular weight excluding hydrogens is 485 g/mol. The number of halogens is 1. The van der Waals surface area contributed by atoms with Gasteiger partial charge in [-0.2, -0.15) is 0 Å². The fourth-order valence-electron chi connectivity index (χ4n) is 6.07. The van der Waals surface area contributed by atoms with Crippen LogP contribution in [-0.2, 0) is 14.3 Å². The number of esters is 1. The smallest absolute Gasteiger partial charge is 0.337 e.